The average Bonchev–Trinajstić information content (AvgIpc) is 2.51. The van der Waals surface area contributed by atoms with Crippen LogP contribution in [0, 0.1) is 0 Å². The Morgan fingerprint density at radius 1 is 1.33 bits per heavy atom. The molecule has 0 unspecified atom stereocenters. The summed E-state index contributed by atoms with van der Waals surface area (Å²) in [6.45, 7) is 4.98. The van der Waals surface area contributed by atoms with E-state index in [9.17, 15) is 8.42 Å². The van der Waals surface area contributed by atoms with Gasteiger partial charge in [0.2, 0.25) is 0 Å². The highest BCUT2D eigenvalue weighted by Gasteiger charge is 2.30. The Labute approximate surface area is 127 Å². The first-order chi connectivity index (χ1) is 10.0. The van der Waals surface area contributed by atoms with Crippen molar-refractivity contribution in [1.29, 1.82) is 0 Å². The van der Waals surface area contributed by atoms with E-state index < -0.39 is 10.0 Å². The maximum Gasteiger partial charge on any atom is 0.260 e. The standard InChI is InChI=1S/C14H25N3O3S/c1-4-13(5-2)17(8-9-20-3)21(18,19)14-7-6-12(10-15)11-16-14/h6-7,11,13H,4-5,8-10,15H2,1-3H3. The lowest BCUT2D eigenvalue weighted by atomic mass is 10.2. The van der Waals surface area contributed by atoms with E-state index in [0.717, 1.165) is 18.4 Å². The molecule has 1 aromatic rings. The van der Waals surface area contributed by atoms with E-state index in [4.69, 9.17) is 10.5 Å². The van der Waals surface area contributed by atoms with Gasteiger partial charge in [0, 0.05) is 32.4 Å². The summed E-state index contributed by atoms with van der Waals surface area (Å²) < 4.78 is 32.1. The van der Waals surface area contributed by atoms with Crippen molar-refractivity contribution in [3.8, 4) is 0 Å². The van der Waals surface area contributed by atoms with Crippen LogP contribution in [-0.2, 0) is 21.3 Å². The van der Waals surface area contributed by atoms with Gasteiger partial charge < -0.3 is 10.5 Å². The lowest BCUT2D eigenvalue weighted by molar-refractivity contribution is 0.163. The third kappa shape index (κ3) is 4.47. The Morgan fingerprint density at radius 3 is 2.43 bits per heavy atom. The van der Waals surface area contributed by atoms with Crippen molar-refractivity contribution in [1.82, 2.24) is 9.29 Å². The van der Waals surface area contributed by atoms with Crippen molar-refractivity contribution in [2.45, 2.75) is 44.3 Å². The molecule has 0 spiro atoms. The summed E-state index contributed by atoms with van der Waals surface area (Å²) in [6, 6.07) is 3.15. The summed E-state index contributed by atoms with van der Waals surface area (Å²) in [5.41, 5.74) is 6.31. The number of nitrogens with two attached hydrogens (primary N) is 1. The van der Waals surface area contributed by atoms with Crippen LogP contribution < -0.4 is 5.73 Å². The smallest absolute Gasteiger partial charge is 0.260 e. The molecule has 0 aliphatic rings. The molecule has 7 heteroatoms. The topological polar surface area (TPSA) is 85.5 Å². The Morgan fingerprint density at radius 2 is 2.00 bits per heavy atom. The fourth-order valence-electron chi connectivity index (χ4n) is 2.18. The van der Waals surface area contributed by atoms with Crippen molar-refractivity contribution in [2.24, 2.45) is 5.73 Å². The van der Waals surface area contributed by atoms with Crippen molar-refractivity contribution >= 4 is 10.0 Å². The van der Waals surface area contributed by atoms with Gasteiger partial charge in [0.05, 0.1) is 6.61 Å². The van der Waals surface area contributed by atoms with Gasteiger partial charge in [-0.05, 0) is 24.5 Å². The molecule has 0 aromatic carbocycles. The normalized spacial score (nSPS) is 12.3. The molecule has 2 N–H and O–H groups in total. The fraction of sp³-hybridized carbons (Fsp3) is 0.643. The van der Waals surface area contributed by atoms with Gasteiger partial charge in [-0.2, -0.15) is 4.31 Å². The highest BCUT2D eigenvalue weighted by Crippen LogP contribution is 2.20. The second-order valence-corrected chi connectivity index (χ2v) is 6.63. The molecular formula is C14H25N3O3S. The summed E-state index contributed by atoms with van der Waals surface area (Å²) in [5.74, 6) is 0. The first kappa shape index (κ1) is 18.0. The molecule has 0 fully saturated rings. The van der Waals surface area contributed by atoms with E-state index in [1.54, 1.807) is 13.2 Å². The molecule has 21 heavy (non-hydrogen) atoms. The van der Waals surface area contributed by atoms with Gasteiger partial charge in [0.1, 0.15) is 0 Å². The predicted octanol–water partition coefficient (Wildman–Crippen LogP) is 1.37. The van der Waals surface area contributed by atoms with Gasteiger partial charge in [0.25, 0.3) is 10.0 Å². The zero-order valence-electron chi connectivity index (χ0n) is 12.9. The maximum atomic E-state index is 12.8. The van der Waals surface area contributed by atoms with E-state index in [2.05, 4.69) is 4.98 Å². The Bertz CT molecular complexity index is 513. The Kier molecular flexibility index (Phi) is 7.24. The molecule has 0 atom stereocenters. The van der Waals surface area contributed by atoms with Crippen LogP contribution in [0.15, 0.2) is 23.4 Å². The van der Waals surface area contributed by atoms with Gasteiger partial charge in [-0.3, -0.25) is 0 Å². The second-order valence-electron chi connectivity index (χ2n) is 4.79. The number of hydrogen-bond acceptors (Lipinski definition) is 5. The average molecular weight is 315 g/mol. The van der Waals surface area contributed by atoms with Crippen molar-refractivity contribution in [3.63, 3.8) is 0 Å². The second kappa shape index (κ2) is 8.43. The number of pyridine rings is 1. The molecule has 0 aliphatic heterocycles. The predicted molar refractivity (Wildman–Crippen MR) is 82.3 cm³/mol. The zero-order chi connectivity index (χ0) is 15.9. The summed E-state index contributed by atoms with van der Waals surface area (Å²) in [4.78, 5) is 4.05. The first-order valence-corrected chi connectivity index (χ1v) is 8.61. The van der Waals surface area contributed by atoms with Crippen LogP contribution >= 0.6 is 0 Å². The summed E-state index contributed by atoms with van der Waals surface area (Å²) in [5, 5.41) is 0.0581. The molecule has 1 rings (SSSR count). The van der Waals surface area contributed by atoms with Crippen molar-refractivity contribution < 1.29 is 13.2 Å². The number of ether oxygens (including phenoxy) is 1. The third-order valence-electron chi connectivity index (χ3n) is 3.47. The molecule has 1 heterocycles. The first-order valence-electron chi connectivity index (χ1n) is 7.17. The molecule has 0 bridgehead atoms. The van der Waals surface area contributed by atoms with Crippen molar-refractivity contribution in [2.75, 3.05) is 20.3 Å². The summed E-state index contributed by atoms with van der Waals surface area (Å²) >= 11 is 0. The highest BCUT2D eigenvalue weighted by molar-refractivity contribution is 7.89. The van der Waals surface area contributed by atoms with Crippen molar-refractivity contribution in [3.05, 3.63) is 23.9 Å². The summed E-state index contributed by atoms with van der Waals surface area (Å²) in [7, 11) is -2.06. The van der Waals surface area contributed by atoms with Crippen LogP contribution in [-0.4, -0.2) is 44.0 Å². The molecule has 0 amide bonds. The summed E-state index contributed by atoms with van der Waals surface area (Å²) in [6.07, 6.45) is 3.01. The van der Waals surface area contributed by atoms with E-state index >= 15 is 0 Å². The zero-order valence-corrected chi connectivity index (χ0v) is 13.8. The maximum absolute atomic E-state index is 12.8. The Hall–Kier alpha value is -1.02. The quantitative estimate of drug-likeness (QED) is 0.744. The largest absolute Gasteiger partial charge is 0.383 e. The SMILES string of the molecule is CCC(CC)N(CCOC)S(=O)(=O)c1ccc(CN)cn1. The number of hydrogen-bond donors (Lipinski definition) is 1. The van der Waals surface area contributed by atoms with Gasteiger partial charge in [-0.15, -0.1) is 0 Å². The molecule has 0 saturated carbocycles. The lowest BCUT2D eigenvalue weighted by Gasteiger charge is -2.29. The fourth-order valence-corrected chi connectivity index (χ4v) is 3.85. The Balaban J connectivity index is 3.12. The minimum atomic E-state index is -3.62. The molecular weight excluding hydrogens is 290 g/mol. The van der Waals surface area contributed by atoms with Gasteiger partial charge in [-0.1, -0.05) is 19.9 Å². The molecule has 0 aliphatic carbocycles. The number of rotatable bonds is 9. The van der Waals surface area contributed by atoms with Crippen LogP contribution in [0.3, 0.4) is 0 Å². The van der Waals surface area contributed by atoms with E-state index in [-0.39, 0.29) is 11.1 Å². The van der Waals surface area contributed by atoms with Gasteiger partial charge in [-0.25, -0.2) is 13.4 Å². The molecule has 120 valence electrons. The lowest BCUT2D eigenvalue weighted by Crippen LogP contribution is -2.42. The third-order valence-corrected chi connectivity index (χ3v) is 5.34. The van der Waals surface area contributed by atoms with E-state index in [1.165, 1.54) is 16.6 Å². The van der Waals surface area contributed by atoms with Crippen LogP contribution in [0.4, 0.5) is 0 Å². The van der Waals surface area contributed by atoms with Crippen LogP contribution in [0.5, 0.6) is 0 Å². The number of aromatic nitrogens is 1. The number of nitrogens with zero attached hydrogens (tertiary/aromatic N) is 2. The minimum absolute atomic E-state index is 0.0545. The van der Waals surface area contributed by atoms with Gasteiger partial charge >= 0.3 is 0 Å². The molecule has 1 aromatic heterocycles. The van der Waals surface area contributed by atoms with Crippen LogP contribution in [0.25, 0.3) is 0 Å². The monoisotopic (exact) mass is 315 g/mol. The van der Waals surface area contributed by atoms with Gasteiger partial charge in [0.15, 0.2) is 5.03 Å². The molecule has 0 saturated heterocycles. The van der Waals surface area contributed by atoms with E-state index in [0.29, 0.717) is 19.7 Å². The number of methoxy groups -OCH3 is 1. The molecule has 0 radical (unpaired) electrons. The van der Waals surface area contributed by atoms with Crippen LogP contribution in [0.1, 0.15) is 32.3 Å². The molecule has 6 nitrogen and oxygen atoms in total. The van der Waals surface area contributed by atoms with Crippen LogP contribution in [0.2, 0.25) is 0 Å². The minimum Gasteiger partial charge on any atom is -0.383 e. The van der Waals surface area contributed by atoms with E-state index in [1.807, 2.05) is 13.8 Å². The number of sulfonamides is 1. The highest BCUT2D eigenvalue weighted by atomic mass is 32.2.